The first-order chi connectivity index (χ1) is 11.3. The first-order valence-electron chi connectivity index (χ1n) is 8.57. The molecule has 0 aliphatic heterocycles. The second-order valence-corrected chi connectivity index (χ2v) is 5.87. The van der Waals surface area contributed by atoms with Gasteiger partial charge in [0.05, 0.1) is 5.56 Å². The molecule has 1 radical (unpaired) electrons. The number of ether oxygens (including phenoxy) is 1. The van der Waals surface area contributed by atoms with Gasteiger partial charge >= 0.3 is 0 Å². The maximum atomic E-state index is 11.1. The van der Waals surface area contributed by atoms with E-state index in [1.165, 1.54) is 44.1 Å². The van der Waals surface area contributed by atoms with Gasteiger partial charge in [-0.05, 0) is 42.7 Å². The van der Waals surface area contributed by atoms with Crippen molar-refractivity contribution in [3.8, 4) is 11.5 Å². The highest BCUT2D eigenvalue weighted by molar-refractivity contribution is 5.80. The Hall–Kier alpha value is -2.09. The standard InChI is InChI=1S/C21H25O2/c1-2-3-4-5-6-8-11-18-14-15-19(17-22)21(16-18)23-20-12-9-7-10-13-20/h7,9-10,12-16H,2-6,8,11H2,1H3. The summed E-state index contributed by atoms with van der Waals surface area (Å²) in [5.74, 6) is 1.33. The zero-order valence-corrected chi connectivity index (χ0v) is 13.9. The van der Waals surface area contributed by atoms with Gasteiger partial charge in [-0.2, -0.15) is 0 Å². The molecule has 0 heterocycles. The second kappa shape index (κ2) is 9.83. The molecule has 0 fully saturated rings. The SMILES string of the molecule is CCCCCCCCc1ccc([C]=O)c(Oc2ccccc2)c1. The van der Waals surface area contributed by atoms with Crippen molar-refractivity contribution in [2.75, 3.05) is 0 Å². The van der Waals surface area contributed by atoms with E-state index in [0.717, 1.165) is 12.2 Å². The fourth-order valence-corrected chi connectivity index (χ4v) is 2.62. The Kier molecular flexibility index (Phi) is 7.38. The van der Waals surface area contributed by atoms with Crippen molar-refractivity contribution in [3.63, 3.8) is 0 Å². The van der Waals surface area contributed by atoms with Crippen molar-refractivity contribution in [1.82, 2.24) is 0 Å². The number of hydrogen-bond acceptors (Lipinski definition) is 2. The van der Waals surface area contributed by atoms with E-state index in [4.69, 9.17) is 4.74 Å². The quantitative estimate of drug-likeness (QED) is 0.515. The van der Waals surface area contributed by atoms with Gasteiger partial charge in [0.15, 0.2) is 0 Å². The lowest BCUT2D eigenvalue weighted by atomic mass is 10.0. The summed E-state index contributed by atoms with van der Waals surface area (Å²) in [5, 5.41) is 0. The Bertz CT molecular complexity index is 590. The highest BCUT2D eigenvalue weighted by atomic mass is 16.5. The molecule has 2 aromatic carbocycles. The molecule has 0 unspecified atom stereocenters. The summed E-state index contributed by atoms with van der Waals surface area (Å²) in [6.45, 7) is 2.24. The van der Waals surface area contributed by atoms with Crippen LogP contribution in [0.25, 0.3) is 0 Å². The van der Waals surface area contributed by atoms with Crippen molar-refractivity contribution in [3.05, 3.63) is 59.7 Å². The maximum absolute atomic E-state index is 11.1. The van der Waals surface area contributed by atoms with Crippen molar-refractivity contribution in [2.24, 2.45) is 0 Å². The lowest BCUT2D eigenvalue weighted by molar-refractivity contribution is 0.478. The summed E-state index contributed by atoms with van der Waals surface area (Å²) in [4.78, 5) is 11.1. The van der Waals surface area contributed by atoms with E-state index in [1.54, 1.807) is 6.07 Å². The van der Waals surface area contributed by atoms with Gasteiger partial charge in [0, 0.05) is 0 Å². The zero-order chi connectivity index (χ0) is 16.3. The number of para-hydroxylation sites is 1. The molecule has 2 heteroatoms. The van der Waals surface area contributed by atoms with Crippen molar-refractivity contribution in [2.45, 2.75) is 51.9 Å². The molecule has 0 aromatic heterocycles. The molecule has 23 heavy (non-hydrogen) atoms. The highest BCUT2D eigenvalue weighted by Crippen LogP contribution is 2.26. The lowest BCUT2D eigenvalue weighted by Gasteiger charge is -2.10. The minimum absolute atomic E-state index is 0.473. The second-order valence-electron chi connectivity index (χ2n) is 5.87. The maximum Gasteiger partial charge on any atom is 0.237 e. The minimum atomic E-state index is 0.473. The summed E-state index contributed by atoms with van der Waals surface area (Å²) in [5.41, 5.74) is 1.69. The van der Waals surface area contributed by atoms with E-state index in [2.05, 4.69) is 6.92 Å². The number of carbonyl (C=O) groups excluding carboxylic acids is 1. The Morgan fingerprint density at radius 3 is 2.39 bits per heavy atom. The van der Waals surface area contributed by atoms with Crippen LogP contribution in [-0.2, 0) is 11.2 Å². The van der Waals surface area contributed by atoms with E-state index in [-0.39, 0.29) is 0 Å². The van der Waals surface area contributed by atoms with Gasteiger partial charge in [-0.25, -0.2) is 0 Å². The third-order valence-electron chi connectivity index (χ3n) is 3.95. The molecule has 2 nitrogen and oxygen atoms in total. The Balaban J connectivity index is 1.94. The van der Waals surface area contributed by atoms with Crippen LogP contribution in [0.4, 0.5) is 0 Å². The number of hydrogen-bond donors (Lipinski definition) is 0. The molecule has 2 rings (SSSR count). The fraction of sp³-hybridized carbons (Fsp3) is 0.381. The highest BCUT2D eigenvalue weighted by Gasteiger charge is 2.07. The summed E-state index contributed by atoms with van der Waals surface area (Å²) in [7, 11) is 0. The summed E-state index contributed by atoms with van der Waals surface area (Å²) in [6.07, 6.45) is 10.7. The summed E-state index contributed by atoms with van der Waals surface area (Å²) in [6, 6.07) is 15.3. The van der Waals surface area contributed by atoms with Crippen LogP contribution >= 0.6 is 0 Å². The number of aryl methyl sites for hydroxylation is 1. The smallest absolute Gasteiger partial charge is 0.237 e. The molecule has 0 aliphatic rings. The normalized spacial score (nSPS) is 10.5. The summed E-state index contributed by atoms with van der Waals surface area (Å²) < 4.78 is 5.84. The number of unbranched alkanes of at least 4 members (excludes halogenated alkanes) is 5. The average molecular weight is 309 g/mol. The molecule has 0 amide bonds. The number of benzene rings is 2. The molecule has 0 aliphatic carbocycles. The van der Waals surface area contributed by atoms with Crippen LogP contribution in [-0.4, -0.2) is 6.29 Å². The zero-order valence-electron chi connectivity index (χ0n) is 13.9. The average Bonchev–Trinajstić information content (AvgIpc) is 2.59. The molecule has 0 N–H and O–H groups in total. The third kappa shape index (κ3) is 5.90. The first-order valence-corrected chi connectivity index (χ1v) is 8.57. The van der Waals surface area contributed by atoms with Crippen LogP contribution in [0.2, 0.25) is 0 Å². The molecule has 0 saturated heterocycles. The van der Waals surface area contributed by atoms with Crippen LogP contribution in [0.15, 0.2) is 48.5 Å². The molecule has 0 atom stereocenters. The molecular formula is C21H25O2. The van der Waals surface area contributed by atoms with Gasteiger partial charge in [-0.15, -0.1) is 0 Å². The summed E-state index contributed by atoms with van der Waals surface area (Å²) >= 11 is 0. The van der Waals surface area contributed by atoms with Gasteiger partial charge in [0.2, 0.25) is 6.29 Å². The van der Waals surface area contributed by atoms with Crippen LogP contribution in [0.5, 0.6) is 11.5 Å². The fourth-order valence-electron chi connectivity index (χ4n) is 2.62. The molecular weight excluding hydrogens is 284 g/mol. The van der Waals surface area contributed by atoms with Gasteiger partial charge in [-0.1, -0.05) is 63.3 Å². The lowest BCUT2D eigenvalue weighted by Crippen LogP contribution is -1.94. The van der Waals surface area contributed by atoms with Crippen LogP contribution < -0.4 is 4.74 Å². The first kappa shape index (κ1) is 17.3. The molecule has 0 saturated carbocycles. The third-order valence-corrected chi connectivity index (χ3v) is 3.95. The van der Waals surface area contributed by atoms with Crippen LogP contribution in [0, 0.1) is 0 Å². The number of rotatable bonds is 10. The van der Waals surface area contributed by atoms with E-state index < -0.39 is 0 Å². The molecule has 121 valence electrons. The predicted molar refractivity (Wildman–Crippen MR) is 94.8 cm³/mol. The van der Waals surface area contributed by atoms with Gasteiger partial charge in [0.25, 0.3) is 0 Å². The van der Waals surface area contributed by atoms with Crippen molar-refractivity contribution >= 4 is 6.29 Å². The molecule has 2 aromatic rings. The van der Waals surface area contributed by atoms with Crippen molar-refractivity contribution < 1.29 is 9.53 Å². The topological polar surface area (TPSA) is 26.3 Å². The van der Waals surface area contributed by atoms with Crippen LogP contribution in [0.1, 0.15) is 56.6 Å². The Labute approximate surface area is 139 Å². The Morgan fingerprint density at radius 2 is 1.65 bits per heavy atom. The largest absolute Gasteiger partial charge is 0.457 e. The van der Waals surface area contributed by atoms with E-state index in [0.29, 0.717) is 11.3 Å². The Morgan fingerprint density at radius 1 is 0.913 bits per heavy atom. The molecule has 0 spiro atoms. The van der Waals surface area contributed by atoms with Gasteiger partial charge < -0.3 is 4.74 Å². The van der Waals surface area contributed by atoms with E-state index >= 15 is 0 Å². The minimum Gasteiger partial charge on any atom is -0.457 e. The monoisotopic (exact) mass is 309 g/mol. The predicted octanol–water partition coefficient (Wildman–Crippen LogP) is 5.84. The van der Waals surface area contributed by atoms with E-state index in [9.17, 15) is 4.79 Å². The van der Waals surface area contributed by atoms with Gasteiger partial charge in [-0.3, -0.25) is 4.79 Å². The van der Waals surface area contributed by atoms with Crippen LogP contribution in [0.3, 0.4) is 0 Å². The van der Waals surface area contributed by atoms with E-state index in [1.807, 2.05) is 48.8 Å². The van der Waals surface area contributed by atoms with Gasteiger partial charge in [0.1, 0.15) is 11.5 Å². The van der Waals surface area contributed by atoms with Crippen molar-refractivity contribution in [1.29, 1.82) is 0 Å². The molecule has 0 bridgehead atoms.